The summed E-state index contributed by atoms with van der Waals surface area (Å²) >= 11 is 3.23. The van der Waals surface area contributed by atoms with E-state index in [4.69, 9.17) is 0 Å². The van der Waals surface area contributed by atoms with Gasteiger partial charge in [0.2, 0.25) is 5.95 Å². The topological polar surface area (TPSA) is 90.9 Å². The highest BCUT2D eigenvalue weighted by Crippen LogP contribution is 2.22. The second kappa shape index (κ2) is 4.54. The molecule has 0 saturated heterocycles. The summed E-state index contributed by atoms with van der Waals surface area (Å²) in [6, 6.07) is 4.59. The Bertz CT molecular complexity index is 567. The van der Waals surface area contributed by atoms with Crippen LogP contribution < -0.4 is 5.32 Å². The first-order valence-electron chi connectivity index (χ1n) is 4.75. The number of rotatable bonds is 2. The van der Waals surface area contributed by atoms with Crippen molar-refractivity contribution >= 4 is 27.8 Å². The Labute approximate surface area is 105 Å². The minimum atomic E-state index is -0.470. The molecule has 0 aliphatic rings. The Kier molecular flexibility index (Phi) is 3.10. The zero-order valence-electron chi connectivity index (χ0n) is 8.86. The van der Waals surface area contributed by atoms with Gasteiger partial charge in [-0.05, 0) is 25.1 Å². The fourth-order valence-electron chi connectivity index (χ4n) is 1.26. The Morgan fingerprint density at radius 3 is 2.94 bits per heavy atom. The molecule has 1 aromatic carbocycles. The summed E-state index contributed by atoms with van der Waals surface area (Å²) in [5.74, 6) is 0.200. The minimum Gasteiger partial charge on any atom is -0.507 e. The number of anilines is 1. The number of halogens is 1. The number of aryl methyl sites for hydroxylation is 1. The molecule has 2 rings (SSSR count). The molecule has 0 radical (unpaired) electrons. The molecule has 0 spiro atoms. The van der Waals surface area contributed by atoms with E-state index in [0.29, 0.717) is 10.3 Å². The van der Waals surface area contributed by atoms with Gasteiger partial charge in [-0.25, -0.2) is 0 Å². The summed E-state index contributed by atoms with van der Waals surface area (Å²) in [5.41, 5.74) is 0.154. The van der Waals surface area contributed by atoms with Crippen LogP contribution in [0.3, 0.4) is 0 Å². The molecular weight excluding hydrogens is 288 g/mol. The summed E-state index contributed by atoms with van der Waals surface area (Å²) in [5, 5.41) is 18.4. The van der Waals surface area contributed by atoms with Gasteiger partial charge in [0.1, 0.15) is 11.6 Å². The van der Waals surface area contributed by atoms with E-state index in [2.05, 4.69) is 36.4 Å². The first-order chi connectivity index (χ1) is 8.06. The van der Waals surface area contributed by atoms with Crippen molar-refractivity contribution in [2.45, 2.75) is 6.92 Å². The van der Waals surface area contributed by atoms with Crippen LogP contribution in [0.5, 0.6) is 5.75 Å². The highest BCUT2D eigenvalue weighted by atomic mass is 79.9. The van der Waals surface area contributed by atoms with Crippen LogP contribution >= 0.6 is 15.9 Å². The maximum Gasteiger partial charge on any atom is 0.261 e. The van der Waals surface area contributed by atoms with E-state index in [1.54, 1.807) is 13.0 Å². The van der Waals surface area contributed by atoms with Crippen LogP contribution in [0.2, 0.25) is 0 Å². The number of phenols is 1. The average Bonchev–Trinajstić information content (AvgIpc) is 2.67. The van der Waals surface area contributed by atoms with Gasteiger partial charge in [-0.15, -0.1) is 5.10 Å². The first kappa shape index (κ1) is 11.6. The van der Waals surface area contributed by atoms with Crippen LogP contribution in [0, 0.1) is 6.92 Å². The normalized spacial score (nSPS) is 10.2. The molecule has 7 heteroatoms. The van der Waals surface area contributed by atoms with E-state index in [1.165, 1.54) is 12.1 Å². The van der Waals surface area contributed by atoms with Gasteiger partial charge in [-0.2, -0.15) is 4.98 Å². The summed E-state index contributed by atoms with van der Waals surface area (Å²) in [6.07, 6.45) is 0. The number of hydrogen-bond acceptors (Lipinski definition) is 4. The summed E-state index contributed by atoms with van der Waals surface area (Å²) < 4.78 is 0.701. The first-order valence-corrected chi connectivity index (χ1v) is 5.54. The Balaban J connectivity index is 2.22. The SMILES string of the molecule is Cc1nc(NC(=O)c2cc(Br)ccc2O)n[nH]1. The van der Waals surface area contributed by atoms with Crippen molar-refractivity contribution in [1.29, 1.82) is 0 Å². The number of amides is 1. The molecule has 0 saturated carbocycles. The lowest BCUT2D eigenvalue weighted by Crippen LogP contribution is -2.13. The number of aromatic hydroxyl groups is 1. The number of H-pyrrole nitrogens is 1. The van der Waals surface area contributed by atoms with Crippen molar-refractivity contribution in [3.63, 3.8) is 0 Å². The van der Waals surface area contributed by atoms with Crippen molar-refractivity contribution < 1.29 is 9.90 Å². The standard InChI is InChI=1S/C10H9BrN4O2/c1-5-12-10(15-14-5)13-9(17)7-4-6(11)2-3-8(7)16/h2-4,16H,1H3,(H2,12,13,14,15,17). The van der Waals surface area contributed by atoms with E-state index < -0.39 is 5.91 Å². The molecule has 0 aliphatic carbocycles. The zero-order chi connectivity index (χ0) is 12.4. The molecule has 0 bridgehead atoms. The summed E-state index contributed by atoms with van der Waals surface area (Å²) in [7, 11) is 0. The van der Waals surface area contributed by atoms with Crippen molar-refractivity contribution in [1.82, 2.24) is 15.2 Å². The molecule has 3 N–H and O–H groups in total. The van der Waals surface area contributed by atoms with Gasteiger partial charge in [0.15, 0.2) is 0 Å². The lowest BCUT2D eigenvalue weighted by molar-refractivity contribution is 0.102. The largest absolute Gasteiger partial charge is 0.507 e. The molecule has 1 amide bonds. The molecule has 2 aromatic rings. The minimum absolute atomic E-state index is 0.0991. The van der Waals surface area contributed by atoms with Gasteiger partial charge in [-0.3, -0.25) is 15.2 Å². The van der Waals surface area contributed by atoms with Crippen molar-refractivity contribution in [3.05, 3.63) is 34.1 Å². The van der Waals surface area contributed by atoms with Gasteiger partial charge >= 0.3 is 0 Å². The molecule has 1 aromatic heterocycles. The molecular formula is C10H9BrN4O2. The summed E-state index contributed by atoms with van der Waals surface area (Å²) in [4.78, 5) is 15.7. The van der Waals surface area contributed by atoms with Gasteiger partial charge < -0.3 is 5.11 Å². The lowest BCUT2D eigenvalue weighted by Gasteiger charge is -2.04. The highest BCUT2D eigenvalue weighted by Gasteiger charge is 2.13. The molecule has 0 fully saturated rings. The van der Waals surface area contributed by atoms with Gasteiger partial charge in [0.05, 0.1) is 5.56 Å². The fourth-order valence-corrected chi connectivity index (χ4v) is 1.62. The summed E-state index contributed by atoms with van der Waals surface area (Å²) in [6.45, 7) is 1.72. The van der Waals surface area contributed by atoms with Gasteiger partial charge in [0, 0.05) is 4.47 Å². The molecule has 88 valence electrons. The van der Waals surface area contributed by atoms with Gasteiger partial charge in [-0.1, -0.05) is 15.9 Å². The number of carbonyl (C=O) groups excluding carboxylic acids is 1. The number of carbonyl (C=O) groups is 1. The monoisotopic (exact) mass is 296 g/mol. The molecule has 6 nitrogen and oxygen atoms in total. The third-order valence-corrected chi connectivity index (χ3v) is 2.52. The second-order valence-corrected chi connectivity index (χ2v) is 4.28. The van der Waals surface area contributed by atoms with Crippen LogP contribution in [0.15, 0.2) is 22.7 Å². The number of aromatic nitrogens is 3. The van der Waals surface area contributed by atoms with Crippen molar-refractivity contribution in [2.75, 3.05) is 5.32 Å². The molecule has 0 atom stereocenters. The molecule has 0 aliphatic heterocycles. The van der Waals surface area contributed by atoms with Crippen molar-refractivity contribution in [2.24, 2.45) is 0 Å². The number of hydrogen-bond donors (Lipinski definition) is 3. The number of phenolic OH excluding ortho intramolecular Hbond substituents is 1. The maximum absolute atomic E-state index is 11.8. The molecule has 1 heterocycles. The second-order valence-electron chi connectivity index (χ2n) is 3.36. The van der Waals surface area contributed by atoms with E-state index in [-0.39, 0.29) is 17.3 Å². The van der Waals surface area contributed by atoms with E-state index >= 15 is 0 Å². The Morgan fingerprint density at radius 1 is 1.53 bits per heavy atom. The zero-order valence-corrected chi connectivity index (χ0v) is 10.4. The number of aromatic amines is 1. The smallest absolute Gasteiger partial charge is 0.261 e. The molecule has 17 heavy (non-hydrogen) atoms. The predicted molar refractivity (Wildman–Crippen MR) is 64.9 cm³/mol. The van der Waals surface area contributed by atoms with Crippen LogP contribution in [0.25, 0.3) is 0 Å². The number of benzene rings is 1. The third kappa shape index (κ3) is 2.62. The Morgan fingerprint density at radius 2 is 2.29 bits per heavy atom. The van der Waals surface area contributed by atoms with Crippen LogP contribution in [-0.4, -0.2) is 26.2 Å². The lowest BCUT2D eigenvalue weighted by atomic mass is 10.2. The number of nitrogens with zero attached hydrogens (tertiary/aromatic N) is 2. The number of nitrogens with one attached hydrogen (secondary N) is 2. The van der Waals surface area contributed by atoms with Crippen LogP contribution in [0.4, 0.5) is 5.95 Å². The molecule has 0 unspecified atom stereocenters. The van der Waals surface area contributed by atoms with E-state index in [1.807, 2.05) is 0 Å². The Hall–Kier alpha value is -1.89. The average molecular weight is 297 g/mol. The van der Waals surface area contributed by atoms with Gasteiger partial charge in [0.25, 0.3) is 5.91 Å². The van der Waals surface area contributed by atoms with E-state index in [9.17, 15) is 9.90 Å². The van der Waals surface area contributed by atoms with Crippen LogP contribution in [0.1, 0.15) is 16.2 Å². The maximum atomic E-state index is 11.8. The van der Waals surface area contributed by atoms with Crippen LogP contribution in [-0.2, 0) is 0 Å². The quantitative estimate of drug-likeness (QED) is 0.788. The van der Waals surface area contributed by atoms with E-state index in [0.717, 1.165) is 0 Å². The highest BCUT2D eigenvalue weighted by molar-refractivity contribution is 9.10. The third-order valence-electron chi connectivity index (χ3n) is 2.03. The predicted octanol–water partition coefficient (Wildman–Crippen LogP) is 1.83. The van der Waals surface area contributed by atoms with Crippen molar-refractivity contribution in [3.8, 4) is 5.75 Å². The fraction of sp³-hybridized carbons (Fsp3) is 0.100.